The first-order valence-electron chi connectivity index (χ1n) is 8.21. The van der Waals surface area contributed by atoms with Crippen LogP contribution < -0.4 is 5.43 Å². The standard InChI is InChI=1S/C19H19NO3/c1-2-16-13(10-21)9-15-18(22)14-8-12(11-4-3-5-11)6-7-17(14)23-19(15)20-16/h6-9,11,21H,2-5,10H2,1H3. The van der Waals surface area contributed by atoms with Crippen LogP contribution in [-0.4, -0.2) is 10.1 Å². The molecular formula is C19H19NO3. The van der Waals surface area contributed by atoms with Crippen LogP contribution in [0.15, 0.2) is 33.5 Å². The van der Waals surface area contributed by atoms with Gasteiger partial charge in [0.1, 0.15) is 5.58 Å². The molecule has 0 unspecified atom stereocenters. The zero-order valence-corrected chi connectivity index (χ0v) is 13.1. The molecule has 0 spiro atoms. The highest BCUT2D eigenvalue weighted by atomic mass is 16.3. The molecule has 1 aliphatic rings. The van der Waals surface area contributed by atoms with Crippen LogP contribution in [0.3, 0.4) is 0 Å². The summed E-state index contributed by atoms with van der Waals surface area (Å²) in [5, 5.41) is 10.6. The number of hydrogen-bond acceptors (Lipinski definition) is 4. The number of benzene rings is 1. The SMILES string of the molecule is CCc1nc2oc3ccc(C4CCC4)cc3c(=O)c2cc1CO. The van der Waals surface area contributed by atoms with Crippen molar-refractivity contribution in [2.24, 2.45) is 0 Å². The number of aliphatic hydroxyl groups excluding tert-OH is 1. The van der Waals surface area contributed by atoms with Crippen molar-refractivity contribution in [3.05, 3.63) is 51.3 Å². The second-order valence-corrected chi connectivity index (χ2v) is 6.27. The third-order valence-corrected chi connectivity index (χ3v) is 4.94. The fraction of sp³-hybridized carbons (Fsp3) is 0.368. The molecule has 1 fully saturated rings. The van der Waals surface area contributed by atoms with Gasteiger partial charge in [-0.05, 0) is 54.5 Å². The van der Waals surface area contributed by atoms with E-state index in [2.05, 4.69) is 11.1 Å². The second kappa shape index (κ2) is 5.46. The van der Waals surface area contributed by atoms with Crippen LogP contribution >= 0.6 is 0 Å². The topological polar surface area (TPSA) is 63.3 Å². The highest BCUT2D eigenvalue weighted by molar-refractivity contribution is 5.88. The third-order valence-electron chi connectivity index (χ3n) is 4.94. The van der Waals surface area contributed by atoms with Gasteiger partial charge >= 0.3 is 0 Å². The minimum absolute atomic E-state index is 0.0627. The summed E-state index contributed by atoms with van der Waals surface area (Å²) in [6, 6.07) is 7.64. The number of rotatable bonds is 3. The normalized spacial score (nSPS) is 15.2. The highest BCUT2D eigenvalue weighted by Gasteiger charge is 2.21. The number of hydrogen-bond donors (Lipinski definition) is 1. The van der Waals surface area contributed by atoms with Gasteiger partial charge in [0.15, 0.2) is 0 Å². The lowest BCUT2D eigenvalue weighted by Crippen LogP contribution is -2.10. The zero-order valence-electron chi connectivity index (χ0n) is 13.1. The Bertz CT molecular complexity index is 954. The number of nitrogens with zero attached hydrogens (tertiary/aromatic N) is 1. The number of aryl methyl sites for hydroxylation is 1. The summed E-state index contributed by atoms with van der Waals surface area (Å²) in [7, 11) is 0. The molecule has 0 aliphatic heterocycles. The minimum Gasteiger partial charge on any atom is -0.437 e. The molecule has 1 aliphatic carbocycles. The van der Waals surface area contributed by atoms with E-state index in [1.165, 1.54) is 24.8 Å². The lowest BCUT2D eigenvalue weighted by Gasteiger charge is -2.25. The van der Waals surface area contributed by atoms with Crippen molar-refractivity contribution >= 4 is 22.1 Å². The molecule has 118 valence electrons. The maximum absolute atomic E-state index is 12.9. The van der Waals surface area contributed by atoms with E-state index in [1.54, 1.807) is 6.07 Å². The van der Waals surface area contributed by atoms with Crippen molar-refractivity contribution in [1.29, 1.82) is 0 Å². The first-order chi connectivity index (χ1) is 11.2. The largest absolute Gasteiger partial charge is 0.437 e. The molecule has 0 amide bonds. The van der Waals surface area contributed by atoms with E-state index >= 15 is 0 Å². The Labute approximate surface area is 133 Å². The molecule has 0 atom stereocenters. The Morgan fingerprint density at radius 1 is 1.26 bits per heavy atom. The lowest BCUT2D eigenvalue weighted by molar-refractivity contribution is 0.280. The summed E-state index contributed by atoms with van der Waals surface area (Å²) >= 11 is 0. The van der Waals surface area contributed by atoms with Crippen LogP contribution in [0.4, 0.5) is 0 Å². The molecule has 4 heteroatoms. The van der Waals surface area contributed by atoms with E-state index in [9.17, 15) is 9.90 Å². The monoisotopic (exact) mass is 309 g/mol. The van der Waals surface area contributed by atoms with Crippen molar-refractivity contribution in [1.82, 2.24) is 4.98 Å². The molecule has 1 N–H and O–H groups in total. The Morgan fingerprint density at radius 2 is 2.09 bits per heavy atom. The summed E-state index contributed by atoms with van der Waals surface area (Å²) in [5.41, 5.74) is 3.56. The summed E-state index contributed by atoms with van der Waals surface area (Å²) in [5.74, 6) is 0.572. The maximum Gasteiger partial charge on any atom is 0.230 e. The second-order valence-electron chi connectivity index (χ2n) is 6.27. The average molecular weight is 309 g/mol. The number of fused-ring (bicyclic) bond motifs is 2. The summed E-state index contributed by atoms with van der Waals surface area (Å²) in [6.45, 7) is 1.85. The average Bonchev–Trinajstić information content (AvgIpc) is 2.53. The van der Waals surface area contributed by atoms with Gasteiger partial charge in [-0.1, -0.05) is 19.4 Å². The van der Waals surface area contributed by atoms with Crippen molar-refractivity contribution in [3.63, 3.8) is 0 Å². The van der Waals surface area contributed by atoms with Crippen molar-refractivity contribution in [3.8, 4) is 0 Å². The predicted molar refractivity (Wildman–Crippen MR) is 89.7 cm³/mol. The molecule has 4 nitrogen and oxygen atoms in total. The van der Waals surface area contributed by atoms with Gasteiger partial charge in [0.2, 0.25) is 11.1 Å². The van der Waals surface area contributed by atoms with Crippen LogP contribution in [-0.2, 0) is 13.0 Å². The van der Waals surface area contributed by atoms with Gasteiger partial charge in [-0.15, -0.1) is 0 Å². The Balaban J connectivity index is 1.99. The van der Waals surface area contributed by atoms with Gasteiger partial charge in [0.05, 0.1) is 17.4 Å². The highest BCUT2D eigenvalue weighted by Crippen LogP contribution is 2.37. The van der Waals surface area contributed by atoms with E-state index < -0.39 is 0 Å². The molecule has 0 radical (unpaired) electrons. The number of aliphatic hydroxyl groups is 1. The van der Waals surface area contributed by atoms with Gasteiger partial charge in [0, 0.05) is 5.69 Å². The van der Waals surface area contributed by atoms with Gasteiger partial charge in [-0.25, -0.2) is 4.98 Å². The predicted octanol–water partition coefficient (Wildman–Crippen LogP) is 3.66. The van der Waals surface area contributed by atoms with Crippen molar-refractivity contribution < 1.29 is 9.52 Å². The van der Waals surface area contributed by atoms with E-state index in [0.717, 1.165) is 5.69 Å². The molecule has 3 aromatic rings. The Hall–Kier alpha value is -2.20. The Kier molecular flexibility index (Phi) is 3.42. The van der Waals surface area contributed by atoms with E-state index in [-0.39, 0.29) is 12.0 Å². The molecule has 1 saturated carbocycles. The summed E-state index contributed by atoms with van der Waals surface area (Å²) in [4.78, 5) is 17.3. The van der Waals surface area contributed by atoms with Crippen LogP contribution in [0.1, 0.15) is 48.9 Å². The van der Waals surface area contributed by atoms with Gasteiger partial charge < -0.3 is 9.52 Å². The minimum atomic E-state index is -0.119. The molecule has 1 aromatic carbocycles. The fourth-order valence-electron chi connectivity index (χ4n) is 3.32. The quantitative estimate of drug-likeness (QED) is 0.750. The molecular weight excluding hydrogens is 290 g/mol. The van der Waals surface area contributed by atoms with Gasteiger partial charge in [-0.2, -0.15) is 0 Å². The summed E-state index contributed by atoms with van der Waals surface area (Å²) in [6.07, 6.45) is 4.34. The third kappa shape index (κ3) is 2.25. The number of pyridine rings is 1. The molecule has 0 saturated heterocycles. The van der Waals surface area contributed by atoms with Crippen LogP contribution in [0.25, 0.3) is 22.1 Å². The van der Waals surface area contributed by atoms with E-state index in [4.69, 9.17) is 4.42 Å². The fourth-order valence-corrected chi connectivity index (χ4v) is 3.32. The molecule has 4 rings (SSSR count). The molecule has 2 aromatic heterocycles. The van der Waals surface area contributed by atoms with Gasteiger partial charge in [-0.3, -0.25) is 4.79 Å². The lowest BCUT2D eigenvalue weighted by atomic mass is 9.80. The van der Waals surface area contributed by atoms with Crippen molar-refractivity contribution in [2.45, 2.75) is 45.1 Å². The van der Waals surface area contributed by atoms with Crippen LogP contribution in [0.2, 0.25) is 0 Å². The zero-order chi connectivity index (χ0) is 16.0. The smallest absolute Gasteiger partial charge is 0.230 e. The molecule has 0 bridgehead atoms. The molecule has 23 heavy (non-hydrogen) atoms. The molecule has 2 heterocycles. The first kappa shape index (κ1) is 14.4. The first-order valence-corrected chi connectivity index (χ1v) is 8.21. The number of aromatic nitrogens is 1. The van der Waals surface area contributed by atoms with E-state index in [0.29, 0.717) is 40.0 Å². The Morgan fingerprint density at radius 3 is 2.74 bits per heavy atom. The van der Waals surface area contributed by atoms with Crippen molar-refractivity contribution in [2.75, 3.05) is 0 Å². The van der Waals surface area contributed by atoms with Gasteiger partial charge in [0.25, 0.3) is 0 Å². The van der Waals surface area contributed by atoms with Crippen LogP contribution in [0.5, 0.6) is 0 Å². The summed E-state index contributed by atoms with van der Waals surface area (Å²) < 4.78 is 5.86. The van der Waals surface area contributed by atoms with Crippen LogP contribution in [0, 0.1) is 0 Å². The van der Waals surface area contributed by atoms with E-state index in [1.807, 2.05) is 19.1 Å². The maximum atomic E-state index is 12.9.